The lowest BCUT2D eigenvalue weighted by molar-refractivity contribution is -0.120. The summed E-state index contributed by atoms with van der Waals surface area (Å²) in [4.78, 5) is 25.6. The van der Waals surface area contributed by atoms with Crippen molar-refractivity contribution in [1.82, 2.24) is 0 Å². The van der Waals surface area contributed by atoms with Gasteiger partial charge in [0.2, 0.25) is 11.8 Å². The van der Waals surface area contributed by atoms with Crippen LogP contribution in [0.4, 0.5) is 11.4 Å². The van der Waals surface area contributed by atoms with Gasteiger partial charge in [-0.2, -0.15) is 0 Å². The van der Waals surface area contributed by atoms with Crippen molar-refractivity contribution < 1.29 is 9.59 Å². The lowest BCUT2D eigenvalue weighted by Gasteiger charge is -2.23. The summed E-state index contributed by atoms with van der Waals surface area (Å²) in [6, 6.07) is 10.1. The highest BCUT2D eigenvalue weighted by Crippen LogP contribution is 2.30. The van der Waals surface area contributed by atoms with Crippen molar-refractivity contribution in [3.63, 3.8) is 0 Å². The van der Waals surface area contributed by atoms with Gasteiger partial charge in [0.05, 0.1) is 15.7 Å². The molecule has 2 amide bonds. The van der Waals surface area contributed by atoms with E-state index in [1.54, 1.807) is 43.3 Å². The molecule has 0 aliphatic heterocycles. The van der Waals surface area contributed by atoms with Gasteiger partial charge in [0, 0.05) is 17.6 Å². The standard InChI is InChI=1S/C17H15Cl3N2O2/c1-10-12(18)5-4-8-15(10)22(11(2)23)9-16(24)21-14-7-3-6-13(19)17(14)20/h3-8H,9H2,1-2H3,(H,21,24). The van der Waals surface area contributed by atoms with Gasteiger partial charge in [-0.1, -0.05) is 46.9 Å². The van der Waals surface area contributed by atoms with Gasteiger partial charge >= 0.3 is 0 Å². The van der Waals surface area contributed by atoms with Gasteiger partial charge in [-0.25, -0.2) is 0 Å². The predicted molar refractivity (Wildman–Crippen MR) is 99.3 cm³/mol. The summed E-state index contributed by atoms with van der Waals surface area (Å²) in [5.74, 6) is -0.665. The molecule has 1 N–H and O–H groups in total. The maximum atomic E-state index is 12.3. The number of rotatable bonds is 4. The molecule has 2 aromatic rings. The van der Waals surface area contributed by atoms with Crippen LogP contribution in [0.2, 0.25) is 15.1 Å². The first-order valence-electron chi connectivity index (χ1n) is 7.08. The molecular formula is C17H15Cl3N2O2. The molecule has 7 heteroatoms. The molecule has 2 aromatic carbocycles. The van der Waals surface area contributed by atoms with E-state index < -0.39 is 5.91 Å². The second-order valence-corrected chi connectivity index (χ2v) is 6.33. The molecule has 0 atom stereocenters. The number of carbonyl (C=O) groups is 2. The summed E-state index contributed by atoms with van der Waals surface area (Å²) in [6.45, 7) is 3.01. The normalized spacial score (nSPS) is 10.4. The molecule has 0 aromatic heterocycles. The second kappa shape index (κ2) is 7.88. The molecule has 0 bridgehead atoms. The molecule has 126 valence electrons. The first-order chi connectivity index (χ1) is 11.3. The summed E-state index contributed by atoms with van der Waals surface area (Å²) in [6.07, 6.45) is 0. The van der Waals surface area contributed by atoms with Gasteiger partial charge in [0.25, 0.3) is 0 Å². The van der Waals surface area contributed by atoms with Crippen LogP contribution in [0.5, 0.6) is 0 Å². The number of amides is 2. The van der Waals surface area contributed by atoms with Gasteiger partial charge in [-0.3, -0.25) is 9.59 Å². The fraction of sp³-hybridized carbons (Fsp3) is 0.176. The van der Waals surface area contributed by atoms with Crippen LogP contribution in [0, 0.1) is 6.92 Å². The minimum Gasteiger partial charge on any atom is -0.323 e. The molecule has 0 unspecified atom stereocenters. The van der Waals surface area contributed by atoms with Crippen LogP contribution in [0.25, 0.3) is 0 Å². The fourth-order valence-electron chi connectivity index (χ4n) is 2.19. The molecule has 24 heavy (non-hydrogen) atoms. The van der Waals surface area contributed by atoms with Crippen LogP contribution < -0.4 is 10.2 Å². The topological polar surface area (TPSA) is 49.4 Å². The Morgan fingerprint density at radius 1 is 1.04 bits per heavy atom. The van der Waals surface area contributed by atoms with E-state index in [9.17, 15) is 9.59 Å². The number of hydrogen-bond acceptors (Lipinski definition) is 2. The Kier molecular flexibility index (Phi) is 6.10. The van der Waals surface area contributed by atoms with E-state index in [0.29, 0.717) is 21.4 Å². The van der Waals surface area contributed by atoms with E-state index >= 15 is 0 Å². The Morgan fingerprint density at radius 3 is 2.33 bits per heavy atom. The zero-order valence-corrected chi connectivity index (χ0v) is 15.3. The van der Waals surface area contributed by atoms with Crippen LogP contribution in [0.3, 0.4) is 0 Å². The molecule has 0 radical (unpaired) electrons. The lowest BCUT2D eigenvalue weighted by Crippen LogP contribution is -2.37. The zero-order chi connectivity index (χ0) is 17.9. The molecule has 0 spiro atoms. The smallest absolute Gasteiger partial charge is 0.244 e. The van der Waals surface area contributed by atoms with Crippen molar-refractivity contribution in [1.29, 1.82) is 0 Å². The summed E-state index contributed by atoms with van der Waals surface area (Å²) < 4.78 is 0. The predicted octanol–water partition coefficient (Wildman–Crippen LogP) is 4.95. The number of benzene rings is 2. The molecule has 0 aliphatic carbocycles. The third kappa shape index (κ3) is 4.20. The first kappa shape index (κ1) is 18.6. The molecule has 0 saturated heterocycles. The number of nitrogens with zero attached hydrogens (tertiary/aromatic N) is 1. The molecule has 0 heterocycles. The van der Waals surface area contributed by atoms with E-state index in [-0.39, 0.29) is 17.5 Å². The first-order valence-corrected chi connectivity index (χ1v) is 8.21. The van der Waals surface area contributed by atoms with E-state index in [4.69, 9.17) is 34.8 Å². The Bertz CT molecular complexity index is 793. The molecule has 0 saturated carbocycles. The summed E-state index contributed by atoms with van der Waals surface area (Å²) in [7, 11) is 0. The third-order valence-corrected chi connectivity index (χ3v) is 4.67. The van der Waals surface area contributed by atoms with Crippen LogP contribution >= 0.6 is 34.8 Å². The Hall–Kier alpha value is -1.75. The molecule has 2 rings (SSSR count). The largest absolute Gasteiger partial charge is 0.323 e. The van der Waals surface area contributed by atoms with Gasteiger partial charge < -0.3 is 10.2 Å². The van der Waals surface area contributed by atoms with Crippen molar-refractivity contribution in [2.75, 3.05) is 16.8 Å². The minimum atomic E-state index is -0.395. The lowest BCUT2D eigenvalue weighted by atomic mass is 10.1. The fourth-order valence-corrected chi connectivity index (χ4v) is 2.71. The monoisotopic (exact) mass is 384 g/mol. The quantitative estimate of drug-likeness (QED) is 0.810. The average molecular weight is 386 g/mol. The maximum Gasteiger partial charge on any atom is 0.244 e. The SMILES string of the molecule is CC(=O)N(CC(=O)Nc1cccc(Cl)c1Cl)c1cccc(Cl)c1C. The van der Waals surface area contributed by atoms with E-state index in [1.807, 2.05) is 0 Å². The van der Waals surface area contributed by atoms with Crippen molar-refractivity contribution in [2.45, 2.75) is 13.8 Å². The van der Waals surface area contributed by atoms with Crippen LogP contribution in [-0.2, 0) is 9.59 Å². The average Bonchev–Trinajstić information content (AvgIpc) is 2.52. The molecule has 0 fully saturated rings. The number of carbonyl (C=O) groups excluding carboxylic acids is 2. The Labute approximate surface area is 155 Å². The van der Waals surface area contributed by atoms with Gasteiger partial charge in [-0.05, 0) is 36.8 Å². The molecule has 0 aliphatic rings. The number of anilines is 2. The highest BCUT2D eigenvalue weighted by atomic mass is 35.5. The third-order valence-electron chi connectivity index (χ3n) is 3.44. The van der Waals surface area contributed by atoms with E-state index in [0.717, 1.165) is 5.56 Å². The van der Waals surface area contributed by atoms with Gasteiger partial charge in [-0.15, -0.1) is 0 Å². The van der Waals surface area contributed by atoms with Crippen LogP contribution in [0.15, 0.2) is 36.4 Å². The zero-order valence-electron chi connectivity index (χ0n) is 13.1. The Morgan fingerprint density at radius 2 is 1.67 bits per heavy atom. The highest BCUT2D eigenvalue weighted by Gasteiger charge is 2.19. The number of nitrogens with one attached hydrogen (secondary N) is 1. The van der Waals surface area contributed by atoms with Crippen LogP contribution in [-0.4, -0.2) is 18.4 Å². The van der Waals surface area contributed by atoms with Gasteiger partial charge in [0.15, 0.2) is 0 Å². The van der Waals surface area contributed by atoms with E-state index in [2.05, 4.69) is 5.32 Å². The van der Waals surface area contributed by atoms with E-state index in [1.165, 1.54) is 11.8 Å². The molecular weight excluding hydrogens is 371 g/mol. The second-order valence-electron chi connectivity index (χ2n) is 5.14. The summed E-state index contributed by atoms with van der Waals surface area (Å²) in [5, 5.41) is 3.77. The minimum absolute atomic E-state index is 0.167. The highest BCUT2D eigenvalue weighted by molar-refractivity contribution is 6.44. The van der Waals surface area contributed by atoms with Crippen molar-refractivity contribution >= 4 is 58.0 Å². The van der Waals surface area contributed by atoms with Gasteiger partial charge in [0.1, 0.15) is 6.54 Å². The summed E-state index contributed by atoms with van der Waals surface area (Å²) >= 11 is 18.1. The number of hydrogen-bond donors (Lipinski definition) is 1. The number of halogens is 3. The van der Waals surface area contributed by atoms with Crippen molar-refractivity contribution in [3.05, 3.63) is 57.0 Å². The Balaban J connectivity index is 2.22. The van der Waals surface area contributed by atoms with Crippen molar-refractivity contribution in [2.24, 2.45) is 0 Å². The maximum absolute atomic E-state index is 12.3. The summed E-state index contributed by atoms with van der Waals surface area (Å²) in [5.41, 5.74) is 1.70. The van der Waals surface area contributed by atoms with Crippen LogP contribution in [0.1, 0.15) is 12.5 Å². The van der Waals surface area contributed by atoms with Crippen molar-refractivity contribution in [3.8, 4) is 0 Å². The molecule has 4 nitrogen and oxygen atoms in total.